The highest BCUT2D eigenvalue weighted by Crippen LogP contribution is 2.42. The fraction of sp³-hybridized carbons (Fsp3) is 0.444. The van der Waals surface area contributed by atoms with Gasteiger partial charge in [-0.25, -0.2) is 13.2 Å². The molecule has 0 radical (unpaired) electrons. The fourth-order valence-corrected chi connectivity index (χ4v) is 5.53. The maximum absolute atomic E-state index is 12.8. The van der Waals surface area contributed by atoms with Gasteiger partial charge >= 0.3 is 12.1 Å². The number of nitrogens with one attached hydrogen (secondary N) is 1. The summed E-state index contributed by atoms with van der Waals surface area (Å²) >= 11 is 2.05. The largest absolute Gasteiger partial charge is 0.459 e. The first-order valence-electron chi connectivity index (χ1n) is 12.5. The summed E-state index contributed by atoms with van der Waals surface area (Å²) in [4.78, 5) is 39.3. The second-order valence-electron chi connectivity index (χ2n) is 9.85. The number of carbonyl (C=O) groups is 3. The molecular formula is C27H33IN2O8S. The predicted molar refractivity (Wildman–Crippen MR) is 154 cm³/mol. The smallest absolute Gasteiger partial charge is 0.411 e. The van der Waals surface area contributed by atoms with E-state index in [0.29, 0.717) is 32.7 Å². The lowest BCUT2D eigenvalue weighted by atomic mass is 10.0. The summed E-state index contributed by atoms with van der Waals surface area (Å²) in [5, 5.41) is 2.71. The molecule has 2 amide bonds. The summed E-state index contributed by atoms with van der Waals surface area (Å²) in [5.41, 5.74) is 0.319. The molecule has 1 atom stereocenters. The molecule has 1 N–H and O–H groups in total. The summed E-state index contributed by atoms with van der Waals surface area (Å²) in [5.74, 6) is 0.0240. The van der Waals surface area contributed by atoms with Crippen LogP contribution < -0.4 is 10.1 Å². The fourth-order valence-electron chi connectivity index (χ4n) is 4.07. The number of anilines is 1. The third-order valence-corrected chi connectivity index (χ3v) is 8.45. The summed E-state index contributed by atoms with van der Waals surface area (Å²) in [7, 11) is -3.37. The number of halogens is 1. The third-order valence-electron chi connectivity index (χ3n) is 5.81. The lowest BCUT2D eigenvalue weighted by molar-refractivity contribution is -0.158. The van der Waals surface area contributed by atoms with Crippen molar-refractivity contribution in [1.29, 1.82) is 0 Å². The minimum Gasteiger partial charge on any atom is -0.459 e. The molecule has 12 heteroatoms. The van der Waals surface area contributed by atoms with Gasteiger partial charge in [0.1, 0.15) is 23.6 Å². The van der Waals surface area contributed by atoms with Crippen LogP contribution in [0.25, 0.3) is 0 Å². The Balaban J connectivity index is 2.01. The Hall–Kier alpha value is -2.87. The Bertz CT molecular complexity index is 1340. The van der Waals surface area contributed by atoms with E-state index in [0.717, 1.165) is 0 Å². The van der Waals surface area contributed by atoms with E-state index in [-0.39, 0.29) is 36.1 Å². The number of amides is 2. The van der Waals surface area contributed by atoms with Crippen molar-refractivity contribution >= 4 is 56.1 Å². The van der Waals surface area contributed by atoms with Gasteiger partial charge < -0.3 is 19.1 Å². The zero-order chi connectivity index (χ0) is 29.0. The van der Waals surface area contributed by atoms with Gasteiger partial charge in [-0.2, -0.15) is 0 Å². The van der Waals surface area contributed by atoms with Crippen LogP contribution in [-0.2, 0) is 28.9 Å². The Morgan fingerprint density at radius 3 is 2.38 bits per heavy atom. The van der Waals surface area contributed by atoms with Crippen molar-refractivity contribution in [2.75, 3.05) is 24.2 Å². The average molecular weight is 673 g/mol. The van der Waals surface area contributed by atoms with Gasteiger partial charge in [-0.3, -0.25) is 14.9 Å². The Morgan fingerprint density at radius 2 is 1.79 bits per heavy atom. The maximum Gasteiger partial charge on any atom is 0.411 e. The van der Waals surface area contributed by atoms with Gasteiger partial charge in [0.2, 0.25) is 5.91 Å². The number of esters is 1. The van der Waals surface area contributed by atoms with E-state index < -0.39 is 33.5 Å². The summed E-state index contributed by atoms with van der Waals surface area (Å²) in [6.45, 7) is 8.49. The van der Waals surface area contributed by atoms with Gasteiger partial charge in [-0.1, -0.05) is 6.92 Å². The van der Waals surface area contributed by atoms with Crippen LogP contribution in [0.5, 0.6) is 11.5 Å². The highest BCUT2D eigenvalue weighted by Gasteiger charge is 2.37. The molecule has 1 aliphatic heterocycles. The highest BCUT2D eigenvalue weighted by atomic mass is 127. The first-order chi connectivity index (χ1) is 18.2. The van der Waals surface area contributed by atoms with Crippen LogP contribution >= 0.6 is 22.6 Å². The van der Waals surface area contributed by atoms with Gasteiger partial charge in [-0.05, 0) is 93.1 Å². The quantitative estimate of drug-likeness (QED) is 0.275. The number of likely N-dealkylation sites (tertiary alicyclic amines) is 1. The van der Waals surface area contributed by atoms with E-state index in [1.54, 1.807) is 58.9 Å². The highest BCUT2D eigenvalue weighted by molar-refractivity contribution is 14.1. The minimum absolute atomic E-state index is 0.0202. The molecule has 0 aromatic heterocycles. The van der Waals surface area contributed by atoms with Gasteiger partial charge in [0, 0.05) is 15.6 Å². The number of sulfone groups is 1. The van der Waals surface area contributed by atoms with Crippen molar-refractivity contribution in [3.05, 3.63) is 45.5 Å². The van der Waals surface area contributed by atoms with Crippen LogP contribution in [0.15, 0.2) is 41.3 Å². The van der Waals surface area contributed by atoms with Crippen LogP contribution in [-0.4, -0.2) is 55.8 Å². The van der Waals surface area contributed by atoms with Crippen molar-refractivity contribution in [2.45, 2.75) is 64.0 Å². The van der Waals surface area contributed by atoms with Crippen LogP contribution in [0.4, 0.5) is 10.5 Å². The van der Waals surface area contributed by atoms with Crippen molar-refractivity contribution in [3.63, 3.8) is 0 Å². The molecule has 0 aliphatic carbocycles. The monoisotopic (exact) mass is 672 g/mol. The third kappa shape index (κ3) is 8.07. The molecular weight excluding hydrogens is 639 g/mol. The van der Waals surface area contributed by atoms with Crippen molar-refractivity contribution in [3.8, 4) is 11.5 Å². The molecule has 10 nitrogen and oxygen atoms in total. The minimum atomic E-state index is -3.37. The maximum atomic E-state index is 12.8. The number of rotatable bonds is 9. The summed E-state index contributed by atoms with van der Waals surface area (Å²) in [6.07, 6.45) is 0.0182. The van der Waals surface area contributed by atoms with Gasteiger partial charge in [-0.15, -0.1) is 0 Å². The zero-order valence-electron chi connectivity index (χ0n) is 22.6. The summed E-state index contributed by atoms with van der Waals surface area (Å²) < 4.78 is 41.7. The van der Waals surface area contributed by atoms with Crippen LogP contribution in [0.3, 0.4) is 0 Å². The van der Waals surface area contributed by atoms with Crippen molar-refractivity contribution in [1.82, 2.24) is 4.90 Å². The predicted octanol–water partition coefficient (Wildman–Crippen LogP) is 5.45. The molecule has 39 heavy (non-hydrogen) atoms. The van der Waals surface area contributed by atoms with E-state index >= 15 is 0 Å². The normalized spacial score (nSPS) is 15.7. The lowest BCUT2D eigenvalue weighted by Crippen LogP contribution is -2.37. The van der Waals surface area contributed by atoms with Gasteiger partial charge in [0.15, 0.2) is 9.84 Å². The Labute approximate surface area is 242 Å². The van der Waals surface area contributed by atoms with Crippen LogP contribution in [0.1, 0.15) is 59.1 Å². The molecule has 212 valence electrons. The van der Waals surface area contributed by atoms with Gasteiger partial charge in [0.05, 0.1) is 29.0 Å². The SMILES string of the molecule is CCOC(=O)Nc1cc(C2CCC(=O)N2CC(=O)OC(C)(C)C)c(Oc2ccc(S(=O)(=O)CC)cc2)cc1I. The number of hydrogen-bond acceptors (Lipinski definition) is 8. The van der Waals surface area contributed by atoms with E-state index in [1.807, 2.05) is 0 Å². The van der Waals surface area contributed by atoms with E-state index in [1.165, 1.54) is 17.0 Å². The van der Waals surface area contributed by atoms with E-state index in [4.69, 9.17) is 14.2 Å². The molecule has 0 spiro atoms. The topological polar surface area (TPSA) is 128 Å². The van der Waals surface area contributed by atoms with Crippen LogP contribution in [0.2, 0.25) is 0 Å². The molecule has 2 aromatic carbocycles. The lowest BCUT2D eigenvalue weighted by Gasteiger charge is -2.28. The molecule has 0 bridgehead atoms. The van der Waals surface area contributed by atoms with Crippen molar-refractivity contribution < 1.29 is 37.0 Å². The number of nitrogens with zero attached hydrogens (tertiary/aromatic N) is 1. The molecule has 2 aromatic rings. The number of hydrogen-bond donors (Lipinski definition) is 1. The zero-order valence-corrected chi connectivity index (χ0v) is 25.6. The number of carbonyl (C=O) groups excluding carboxylic acids is 3. The average Bonchev–Trinajstić information content (AvgIpc) is 3.19. The molecule has 1 fully saturated rings. The Kier molecular flexibility index (Phi) is 9.86. The van der Waals surface area contributed by atoms with Crippen molar-refractivity contribution in [2.24, 2.45) is 0 Å². The molecule has 1 heterocycles. The van der Waals surface area contributed by atoms with E-state index in [2.05, 4.69) is 27.9 Å². The molecule has 1 saturated heterocycles. The first-order valence-corrected chi connectivity index (χ1v) is 15.3. The Morgan fingerprint density at radius 1 is 1.13 bits per heavy atom. The first kappa shape index (κ1) is 30.7. The van der Waals surface area contributed by atoms with E-state index in [9.17, 15) is 22.8 Å². The molecule has 0 saturated carbocycles. The standard InChI is InChI=1S/C27H33IN2O8S/c1-6-36-26(33)29-21-14-19(22-12-13-24(31)30(22)16-25(32)38-27(3,4)5)23(15-20(21)28)37-17-8-10-18(11-9-17)39(34,35)7-2/h8-11,14-15,22H,6-7,12-13,16H2,1-5H3,(H,29,33). The molecule has 1 unspecified atom stereocenters. The molecule has 3 rings (SSSR count). The summed E-state index contributed by atoms with van der Waals surface area (Å²) in [6, 6.07) is 8.95. The second-order valence-corrected chi connectivity index (χ2v) is 13.3. The van der Waals surface area contributed by atoms with Gasteiger partial charge in [0.25, 0.3) is 0 Å². The number of ether oxygens (including phenoxy) is 3. The number of benzene rings is 2. The van der Waals surface area contributed by atoms with Crippen LogP contribution in [0, 0.1) is 3.57 Å². The second kappa shape index (κ2) is 12.5. The molecule has 1 aliphatic rings.